The normalized spacial score (nSPS) is 15.0. The lowest BCUT2D eigenvalue weighted by molar-refractivity contribution is 0.122. The minimum Gasteiger partial charge on any atom is -0.490 e. The minimum atomic E-state index is 0.0754. The van der Waals surface area contributed by atoms with E-state index in [0.29, 0.717) is 13.2 Å². The highest BCUT2D eigenvalue weighted by molar-refractivity contribution is 5.95. The summed E-state index contributed by atoms with van der Waals surface area (Å²) < 4.78 is 13.4. The first-order chi connectivity index (χ1) is 12.6. The topological polar surface area (TPSA) is 65.3 Å². The molecule has 26 heavy (non-hydrogen) atoms. The summed E-state index contributed by atoms with van der Waals surface area (Å²) in [6.45, 7) is 7.12. The van der Waals surface area contributed by atoms with Gasteiger partial charge in [-0.3, -0.25) is 9.67 Å². The molecule has 4 rings (SSSR count). The Morgan fingerprint density at radius 1 is 1.15 bits per heavy atom. The Morgan fingerprint density at radius 3 is 2.65 bits per heavy atom. The summed E-state index contributed by atoms with van der Waals surface area (Å²) in [6.07, 6.45) is 3.65. The van der Waals surface area contributed by atoms with Crippen molar-refractivity contribution in [3.8, 4) is 17.1 Å². The number of ether oxygens (including phenoxy) is 2. The van der Waals surface area contributed by atoms with Crippen LogP contribution in [0.15, 0.2) is 30.6 Å². The Kier molecular flexibility index (Phi) is 4.46. The summed E-state index contributed by atoms with van der Waals surface area (Å²) in [5.41, 5.74) is 2.57. The van der Waals surface area contributed by atoms with E-state index in [1.54, 1.807) is 12.4 Å². The van der Waals surface area contributed by atoms with E-state index in [2.05, 4.69) is 15.0 Å². The Hall–Kier alpha value is -2.67. The second-order valence-electron chi connectivity index (χ2n) is 6.64. The Labute approximate surface area is 152 Å². The fourth-order valence-electron chi connectivity index (χ4n) is 3.21. The van der Waals surface area contributed by atoms with Gasteiger partial charge in [0, 0.05) is 44.0 Å². The van der Waals surface area contributed by atoms with Crippen LogP contribution in [-0.4, -0.2) is 52.2 Å². The minimum absolute atomic E-state index is 0.0754. The van der Waals surface area contributed by atoms with Gasteiger partial charge in [0.15, 0.2) is 0 Å². The van der Waals surface area contributed by atoms with Crippen LogP contribution in [0.1, 0.15) is 13.8 Å². The van der Waals surface area contributed by atoms with E-state index >= 15 is 0 Å². The van der Waals surface area contributed by atoms with Gasteiger partial charge in [-0.15, -0.1) is 0 Å². The number of anilines is 1. The zero-order valence-electron chi connectivity index (χ0n) is 15.3. The molecule has 0 amide bonds. The quantitative estimate of drug-likeness (QED) is 0.718. The summed E-state index contributed by atoms with van der Waals surface area (Å²) in [7, 11) is 1.91. The lowest BCUT2D eigenvalue weighted by atomic mass is 10.1. The highest BCUT2D eigenvalue weighted by Gasteiger charge is 2.19. The van der Waals surface area contributed by atoms with Crippen molar-refractivity contribution >= 4 is 16.7 Å². The van der Waals surface area contributed by atoms with E-state index in [1.165, 1.54) is 0 Å². The molecule has 136 valence electrons. The third-order valence-electron chi connectivity index (χ3n) is 4.44. The molecular formula is C19H23N5O2. The van der Waals surface area contributed by atoms with Crippen molar-refractivity contribution in [2.24, 2.45) is 7.05 Å². The Morgan fingerprint density at radius 2 is 1.96 bits per heavy atom. The first kappa shape index (κ1) is 16.8. The molecule has 0 N–H and O–H groups in total. The second kappa shape index (κ2) is 6.92. The van der Waals surface area contributed by atoms with Gasteiger partial charge in [-0.25, -0.2) is 4.98 Å². The number of hydrogen-bond donors (Lipinski definition) is 0. The van der Waals surface area contributed by atoms with E-state index in [4.69, 9.17) is 14.5 Å². The molecule has 1 aliphatic heterocycles. The van der Waals surface area contributed by atoms with Gasteiger partial charge in [0.25, 0.3) is 0 Å². The number of hydrogen-bond acceptors (Lipinski definition) is 6. The van der Waals surface area contributed by atoms with Crippen LogP contribution >= 0.6 is 0 Å². The summed E-state index contributed by atoms with van der Waals surface area (Å²) >= 11 is 0. The fraction of sp³-hybridized carbons (Fsp3) is 0.421. The van der Waals surface area contributed by atoms with E-state index < -0.39 is 0 Å². The zero-order chi connectivity index (χ0) is 18.1. The molecule has 0 aromatic carbocycles. The van der Waals surface area contributed by atoms with Crippen molar-refractivity contribution in [2.45, 2.75) is 20.0 Å². The molecule has 3 aromatic heterocycles. The lowest BCUT2D eigenvalue weighted by Gasteiger charge is -2.28. The molecule has 0 atom stereocenters. The van der Waals surface area contributed by atoms with Gasteiger partial charge >= 0.3 is 0 Å². The van der Waals surface area contributed by atoms with Crippen molar-refractivity contribution < 1.29 is 9.47 Å². The third kappa shape index (κ3) is 3.10. The summed E-state index contributed by atoms with van der Waals surface area (Å²) in [5, 5.41) is 5.23. The van der Waals surface area contributed by atoms with E-state index in [1.807, 2.05) is 43.8 Å². The number of fused-ring (bicyclic) bond motifs is 1. The van der Waals surface area contributed by atoms with Crippen molar-refractivity contribution in [1.82, 2.24) is 19.7 Å². The van der Waals surface area contributed by atoms with Crippen molar-refractivity contribution in [3.05, 3.63) is 30.6 Å². The SMILES string of the molecule is CC(C)Oc1cc(N2CCOCC2)nc2c(-c3ccnn3C)nccc12. The predicted octanol–water partition coefficient (Wildman–Crippen LogP) is 2.65. The summed E-state index contributed by atoms with van der Waals surface area (Å²) in [4.78, 5) is 11.8. The number of nitrogens with zero attached hydrogens (tertiary/aromatic N) is 5. The molecule has 0 spiro atoms. The number of morpholine rings is 1. The van der Waals surface area contributed by atoms with Crippen LogP contribution < -0.4 is 9.64 Å². The second-order valence-corrected chi connectivity index (χ2v) is 6.64. The number of rotatable bonds is 4. The molecule has 7 heteroatoms. The lowest BCUT2D eigenvalue weighted by Crippen LogP contribution is -2.36. The summed E-state index contributed by atoms with van der Waals surface area (Å²) in [6, 6.07) is 5.94. The average Bonchev–Trinajstić information content (AvgIpc) is 3.07. The van der Waals surface area contributed by atoms with Crippen molar-refractivity contribution in [1.29, 1.82) is 0 Å². The molecule has 0 aliphatic carbocycles. The molecule has 0 unspecified atom stereocenters. The Balaban J connectivity index is 1.92. The number of aryl methyl sites for hydroxylation is 1. The van der Waals surface area contributed by atoms with Crippen molar-refractivity contribution in [2.75, 3.05) is 31.2 Å². The van der Waals surface area contributed by atoms with Crippen LogP contribution in [0.2, 0.25) is 0 Å². The highest BCUT2D eigenvalue weighted by Crippen LogP contribution is 2.34. The Bertz CT molecular complexity index is 915. The smallest absolute Gasteiger partial charge is 0.133 e. The molecule has 3 aromatic rings. The van der Waals surface area contributed by atoms with Gasteiger partial charge in [-0.1, -0.05) is 0 Å². The maximum Gasteiger partial charge on any atom is 0.133 e. The predicted molar refractivity (Wildman–Crippen MR) is 101 cm³/mol. The van der Waals surface area contributed by atoms with Gasteiger partial charge in [0.2, 0.25) is 0 Å². The molecule has 1 saturated heterocycles. The van der Waals surface area contributed by atoms with Gasteiger partial charge in [0.05, 0.1) is 25.0 Å². The summed E-state index contributed by atoms with van der Waals surface area (Å²) in [5.74, 6) is 1.73. The molecule has 1 aliphatic rings. The van der Waals surface area contributed by atoms with Crippen LogP contribution in [0.25, 0.3) is 22.3 Å². The maximum atomic E-state index is 6.11. The standard InChI is InChI=1S/C19H23N5O2/c1-13(2)26-16-12-17(24-8-10-25-11-9-24)22-18-14(16)4-6-20-19(18)15-5-7-21-23(15)3/h4-7,12-13H,8-11H2,1-3H3. The molecule has 1 fully saturated rings. The first-order valence-corrected chi connectivity index (χ1v) is 8.91. The van der Waals surface area contributed by atoms with E-state index in [9.17, 15) is 0 Å². The van der Waals surface area contributed by atoms with E-state index in [0.717, 1.165) is 46.9 Å². The zero-order valence-corrected chi connectivity index (χ0v) is 15.3. The van der Waals surface area contributed by atoms with Crippen LogP contribution in [0.4, 0.5) is 5.82 Å². The van der Waals surface area contributed by atoms with Gasteiger partial charge in [-0.2, -0.15) is 5.10 Å². The van der Waals surface area contributed by atoms with Gasteiger partial charge in [0.1, 0.15) is 22.8 Å². The largest absolute Gasteiger partial charge is 0.490 e. The average molecular weight is 353 g/mol. The number of aromatic nitrogens is 4. The third-order valence-corrected chi connectivity index (χ3v) is 4.44. The van der Waals surface area contributed by atoms with Crippen LogP contribution in [0, 0.1) is 0 Å². The van der Waals surface area contributed by atoms with Gasteiger partial charge in [-0.05, 0) is 26.0 Å². The van der Waals surface area contributed by atoms with Gasteiger partial charge < -0.3 is 14.4 Å². The molecule has 0 saturated carbocycles. The monoisotopic (exact) mass is 353 g/mol. The maximum absolute atomic E-state index is 6.11. The first-order valence-electron chi connectivity index (χ1n) is 8.91. The molecule has 7 nitrogen and oxygen atoms in total. The molecule has 0 bridgehead atoms. The molecule has 0 radical (unpaired) electrons. The fourth-order valence-corrected chi connectivity index (χ4v) is 3.21. The molecular weight excluding hydrogens is 330 g/mol. The van der Waals surface area contributed by atoms with Crippen molar-refractivity contribution in [3.63, 3.8) is 0 Å². The molecule has 4 heterocycles. The van der Waals surface area contributed by atoms with Crippen LogP contribution in [0.3, 0.4) is 0 Å². The van der Waals surface area contributed by atoms with Crippen LogP contribution in [-0.2, 0) is 11.8 Å². The number of pyridine rings is 2. The van der Waals surface area contributed by atoms with Crippen LogP contribution in [0.5, 0.6) is 5.75 Å². The highest BCUT2D eigenvalue weighted by atomic mass is 16.5. The van der Waals surface area contributed by atoms with E-state index in [-0.39, 0.29) is 6.10 Å².